The monoisotopic (exact) mass is 269 g/mol. The van der Waals surface area contributed by atoms with Crippen LogP contribution in [0.4, 0.5) is 0 Å². The first kappa shape index (κ1) is 15.3. The summed E-state index contributed by atoms with van der Waals surface area (Å²) in [6, 6.07) is 0.576. The molecule has 0 aromatic heterocycles. The van der Waals surface area contributed by atoms with Gasteiger partial charge >= 0.3 is 0 Å². The topological polar surface area (TPSA) is 41.5 Å². The molecule has 0 radical (unpaired) electrons. The van der Waals surface area contributed by atoms with Crippen molar-refractivity contribution in [1.82, 2.24) is 5.32 Å². The molecule has 2 N–H and O–H groups in total. The van der Waals surface area contributed by atoms with Gasteiger partial charge in [0.2, 0.25) is 0 Å². The van der Waals surface area contributed by atoms with E-state index in [9.17, 15) is 5.11 Å². The van der Waals surface area contributed by atoms with Gasteiger partial charge in [0.1, 0.15) is 0 Å². The van der Waals surface area contributed by atoms with Crippen molar-refractivity contribution in [1.29, 1.82) is 0 Å². The summed E-state index contributed by atoms with van der Waals surface area (Å²) in [7, 11) is 0. The minimum absolute atomic E-state index is 0.0693. The van der Waals surface area contributed by atoms with Gasteiger partial charge < -0.3 is 15.2 Å². The van der Waals surface area contributed by atoms with E-state index in [1.54, 1.807) is 0 Å². The molecule has 1 atom stereocenters. The third-order valence-electron chi connectivity index (χ3n) is 5.20. The molecule has 2 rings (SSSR count). The van der Waals surface area contributed by atoms with E-state index >= 15 is 0 Å². The summed E-state index contributed by atoms with van der Waals surface area (Å²) in [5, 5.41) is 13.3. The number of ether oxygens (including phenoxy) is 1. The van der Waals surface area contributed by atoms with Gasteiger partial charge in [0, 0.05) is 31.2 Å². The fourth-order valence-corrected chi connectivity index (χ4v) is 3.47. The lowest BCUT2D eigenvalue weighted by Crippen LogP contribution is -2.44. The fraction of sp³-hybridized carbons (Fsp3) is 1.00. The SMILES string of the molecule is CC(CCC1CCCC1)NCC1(CO)CCOCC1. The van der Waals surface area contributed by atoms with Crippen LogP contribution in [0.2, 0.25) is 0 Å². The predicted octanol–water partition coefficient (Wildman–Crippen LogP) is 2.72. The van der Waals surface area contributed by atoms with E-state index in [0.29, 0.717) is 12.6 Å². The maximum absolute atomic E-state index is 9.66. The van der Waals surface area contributed by atoms with Crippen LogP contribution in [0.15, 0.2) is 0 Å². The highest BCUT2D eigenvalue weighted by atomic mass is 16.5. The Hall–Kier alpha value is -0.120. The zero-order valence-corrected chi connectivity index (χ0v) is 12.5. The molecular weight excluding hydrogens is 238 g/mol. The third kappa shape index (κ3) is 4.73. The highest BCUT2D eigenvalue weighted by Gasteiger charge is 2.32. The Morgan fingerprint density at radius 3 is 2.58 bits per heavy atom. The first-order valence-electron chi connectivity index (χ1n) is 8.16. The first-order valence-corrected chi connectivity index (χ1v) is 8.16. The number of aliphatic hydroxyl groups excluding tert-OH is 1. The predicted molar refractivity (Wildman–Crippen MR) is 78.2 cm³/mol. The normalized spacial score (nSPS) is 25.6. The highest BCUT2D eigenvalue weighted by molar-refractivity contribution is 4.84. The Balaban J connectivity index is 1.65. The number of nitrogens with one attached hydrogen (secondary N) is 1. The molecule has 0 spiro atoms. The fourth-order valence-electron chi connectivity index (χ4n) is 3.47. The Morgan fingerprint density at radius 1 is 1.26 bits per heavy atom. The molecule has 19 heavy (non-hydrogen) atoms. The molecular formula is C16H31NO2. The quantitative estimate of drug-likeness (QED) is 0.746. The second-order valence-electron chi connectivity index (χ2n) is 6.78. The lowest BCUT2D eigenvalue weighted by molar-refractivity contribution is -0.0164. The molecule has 3 nitrogen and oxygen atoms in total. The van der Waals surface area contributed by atoms with Gasteiger partial charge in [0.15, 0.2) is 0 Å². The number of hydrogen-bond donors (Lipinski definition) is 2. The van der Waals surface area contributed by atoms with Crippen molar-refractivity contribution in [2.75, 3.05) is 26.4 Å². The van der Waals surface area contributed by atoms with Crippen LogP contribution in [-0.4, -0.2) is 37.5 Å². The number of aliphatic hydroxyl groups is 1. The van der Waals surface area contributed by atoms with Gasteiger partial charge in [-0.1, -0.05) is 25.7 Å². The molecule has 0 aromatic carbocycles. The van der Waals surface area contributed by atoms with Crippen LogP contribution in [0, 0.1) is 11.3 Å². The minimum atomic E-state index is 0.0693. The summed E-state index contributed by atoms with van der Waals surface area (Å²) in [4.78, 5) is 0. The summed E-state index contributed by atoms with van der Waals surface area (Å²) in [6.45, 7) is 5.13. The molecule has 0 amide bonds. The van der Waals surface area contributed by atoms with E-state index in [1.807, 2.05) is 0 Å². The van der Waals surface area contributed by atoms with Crippen molar-refractivity contribution in [3.05, 3.63) is 0 Å². The van der Waals surface area contributed by atoms with Crippen molar-refractivity contribution in [3.63, 3.8) is 0 Å². The number of hydrogen-bond acceptors (Lipinski definition) is 3. The van der Waals surface area contributed by atoms with E-state index in [0.717, 1.165) is 38.5 Å². The molecule has 0 bridgehead atoms. The molecule has 112 valence electrons. The van der Waals surface area contributed by atoms with Gasteiger partial charge in [-0.3, -0.25) is 0 Å². The zero-order chi connectivity index (χ0) is 13.6. The molecule has 1 saturated heterocycles. The van der Waals surface area contributed by atoms with Crippen LogP contribution in [0.25, 0.3) is 0 Å². The van der Waals surface area contributed by atoms with E-state index in [-0.39, 0.29) is 5.41 Å². The molecule has 1 heterocycles. The highest BCUT2D eigenvalue weighted by Crippen LogP contribution is 2.30. The largest absolute Gasteiger partial charge is 0.396 e. The van der Waals surface area contributed by atoms with E-state index in [1.165, 1.54) is 38.5 Å². The molecule has 2 fully saturated rings. The maximum atomic E-state index is 9.66. The lowest BCUT2D eigenvalue weighted by Gasteiger charge is -2.36. The molecule has 0 aromatic rings. The van der Waals surface area contributed by atoms with Crippen LogP contribution in [0.1, 0.15) is 58.3 Å². The van der Waals surface area contributed by atoms with Gasteiger partial charge in [-0.25, -0.2) is 0 Å². The first-order chi connectivity index (χ1) is 9.24. The molecule has 2 aliphatic rings. The van der Waals surface area contributed by atoms with E-state index in [4.69, 9.17) is 4.74 Å². The van der Waals surface area contributed by atoms with E-state index < -0.39 is 0 Å². The minimum Gasteiger partial charge on any atom is -0.396 e. The molecule has 1 unspecified atom stereocenters. The summed E-state index contributed by atoms with van der Waals surface area (Å²) in [5.41, 5.74) is 0.0693. The molecule has 3 heteroatoms. The Labute approximate surface area is 118 Å². The average molecular weight is 269 g/mol. The Bertz CT molecular complexity index is 245. The standard InChI is InChI=1S/C16H31NO2/c1-14(6-7-15-4-2-3-5-15)17-12-16(13-18)8-10-19-11-9-16/h14-15,17-18H,2-13H2,1H3. The Kier molecular flexibility index (Phi) is 6.11. The van der Waals surface area contributed by atoms with Crippen molar-refractivity contribution in [2.24, 2.45) is 11.3 Å². The summed E-state index contributed by atoms with van der Waals surface area (Å²) < 4.78 is 5.41. The van der Waals surface area contributed by atoms with Crippen molar-refractivity contribution in [3.8, 4) is 0 Å². The lowest BCUT2D eigenvalue weighted by atomic mass is 9.80. The Morgan fingerprint density at radius 2 is 1.95 bits per heavy atom. The van der Waals surface area contributed by atoms with Crippen LogP contribution in [0.3, 0.4) is 0 Å². The summed E-state index contributed by atoms with van der Waals surface area (Å²) >= 11 is 0. The van der Waals surface area contributed by atoms with Crippen LogP contribution < -0.4 is 5.32 Å². The van der Waals surface area contributed by atoms with Crippen LogP contribution in [-0.2, 0) is 4.74 Å². The molecule has 1 aliphatic heterocycles. The maximum Gasteiger partial charge on any atom is 0.0501 e. The van der Waals surface area contributed by atoms with Gasteiger partial charge in [-0.05, 0) is 38.5 Å². The van der Waals surface area contributed by atoms with Gasteiger partial charge in [0.05, 0.1) is 6.61 Å². The summed E-state index contributed by atoms with van der Waals surface area (Å²) in [5.74, 6) is 0.985. The van der Waals surface area contributed by atoms with Gasteiger partial charge in [-0.15, -0.1) is 0 Å². The molecule has 1 saturated carbocycles. The second kappa shape index (κ2) is 7.61. The second-order valence-corrected chi connectivity index (χ2v) is 6.78. The molecule has 1 aliphatic carbocycles. The summed E-state index contributed by atoms with van der Waals surface area (Å²) in [6.07, 6.45) is 10.4. The van der Waals surface area contributed by atoms with Gasteiger partial charge in [-0.2, -0.15) is 0 Å². The van der Waals surface area contributed by atoms with Crippen molar-refractivity contribution < 1.29 is 9.84 Å². The zero-order valence-electron chi connectivity index (χ0n) is 12.5. The van der Waals surface area contributed by atoms with E-state index in [2.05, 4.69) is 12.2 Å². The number of rotatable bonds is 7. The smallest absolute Gasteiger partial charge is 0.0501 e. The van der Waals surface area contributed by atoms with Gasteiger partial charge in [0.25, 0.3) is 0 Å². The van der Waals surface area contributed by atoms with Crippen LogP contribution in [0.5, 0.6) is 0 Å². The third-order valence-corrected chi connectivity index (χ3v) is 5.20. The van der Waals surface area contributed by atoms with Crippen molar-refractivity contribution in [2.45, 2.75) is 64.3 Å². The average Bonchev–Trinajstić information content (AvgIpc) is 2.97. The van der Waals surface area contributed by atoms with Crippen LogP contribution >= 0.6 is 0 Å². The van der Waals surface area contributed by atoms with Crippen molar-refractivity contribution >= 4 is 0 Å².